The number of fused-ring (bicyclic) bond motifs is 1. The van der Waals surface area contributed by atoms with Gasteiger partial charge in [0.15, 0.2) is 0 Å². The fraction of sp³-hybridized carbons (Fsp3) is 0.455. The van der Waals surface area contributed by atoms with Gasteiger partial charge in [-0.1, -0.05) is 31.6 Å². The average Bonchev–Trinajstić information content (AvgIpc) is 3.06. The predicted octanol–water partition coefficient (Wildman–Crippen LogP) is 3.84. The molecule has 0 spiro atoms. The van der Waals surface area contributed by atoms with E-state index in [9.17, 15) is 4.79 Å². The molecule has 6 heteroatoms. The van der Waals surface area contributed by atoms with Gasteiger partial charge in [0.1, 0.15) is 5.82 Å². The first kappa shape index (κ1) is 21.9. The van der Waals surface area contributed by atoms with Gasteiger partial charge in [-0.3, -0.25) is 10.0 Å². The molecular weight excluding hydrogens is 352 g/mol. The van der Waals surface area contributed by atoms with Crippen LogP contribution in [0.1, 0.15) is 50.4 Å². The summed E-state index contributed by atoms with van der Waals surface area (Å²) in [7, 11) is 1.96. The predicted molar refractivity (Wildman–Crippen MR) is 114 cm³/mol. The van der Waals surface area contributed by atoms with E-state index in [0.29, 0.717) is 0 Å². The summed E-state index contributed by atoms with van der Waals surface area (Å²) in [5.74, 6) is 0.567. The minimum atomic E-state index is -0.547. The number of nitrogens with one attached hydrogen (secondary N) is 2. The molecule has 0 aliphatic carbocycles. The van der Waals surface area contributed by atoms with Crippen molar-refractivity contribution in [1.82, 2.24) is 20.3 Å². The highest BCUT2D eigenvalue weighted by atomic mass is 16.5. The maximum absolute atomic E-state index is 11.2. The molecule has 0 unspecified atom stereocenters. The molecule has 0 atom stereocenters. The van der Waals surface area contributed by atoms with Crippen LogP contribution in [0.15, 0.2) is 36.4 Å². The maximum Gasteiger partial charge on any atom is 0.267 e. The van der Waals surface area contributed by atoms with Crippen molar-refractivity contribution >= 4 is 23.0 Å². The van der Waals surface area contributed by atoms with E-state index in [0.717, 1.165) is 61.2 Å². The summed E-state index contributed by atoms with van der Waals surface area (Å²) in [6, 6.07) is 5.99. The van der Waals surface area contributed by atoms with E-state index < -0.39 is 5.91 Å². The summed E-state index contributed by atoms with van der Waals surface area (Å²) in [5.41, 5.74) is 4.52. The lowest BCUT2D eigenvalue weighted by Gasteiger charge is -2.09. The number of rotatable bonds is 12. The van der Waals surface area contributed by atoms with Gasteiger partial charge in [0, 0.05) is 25.6 Å². The molecule has 2 rings (SSSR count). The monoisotopic (exact) mass is 384 g/mol. The quantitative estimate of drug-likeness (QED) is 0.171. The van der Waals surface area contributed by atoms with Crippen molar-refractivity contribution in [3.05, 3.63) is 47.8 Å². The number of benzene rings is 1. The minimum absolute atomic E-state index is 0.547. The first-order valence-electron chi connectivity index (χ1n) is 10.1. The Kier molecular flexibility index (Phi) is 9.45. The molecule has 1 amide bonds. The molecule has 152 valence electrons. The number of nitrogens with zero attached hydrogens (tertiary/aromatic N) is 2. The zero-order chi connectivity index (χ0) is 20.2. The lowest BCUT2D eigenvalue weighted by molar-refractivity contribution is -0.124. The van der Waals surface area contributed by atoms with Gasteiger partial charge in [-0.2, -0.15) is 0 Å². The number of likely N-dealkylation sites (N-methyl/N-ethyl adjacent to an activating group) is 1. The number of aryl methyl sites for hydroxylation is 1. The van der Waals surface area contributed by atoms with E-state index in [1.165, 1.54) is 18.9 Å². The largest absolute Gasteiger partial charge is 0.327 e. The number of amides is 1. The number of hydrogen-bond acceptors (Lipinski definition) is 4. The number of aromatic nitrogens is 2. The van der Waals surface area contributed by atoms with Crippen LogP contribution >= 0.6 is 0 Å². The Labute approximate surface area is 167 Å². The third-order valence-electron chi connectivity index (χ3n) is 4.65. The number of unbranched alkanes of at least 4 members (excludes halogenated alkanes) is 3. The van der Waals surface area contributed by atoms with Gasteiger partial charge in [0.2, 0.25) is 0 Å². The Morgan fingerprint density at radius 1 is 1.25 bits per heavy atom. The number of hydroxylamine groups is 1. The van der Waals surface area contributed by atoms with Crippen LogP contribution in [0.2, 0.25) is 0 Å². The van der Waals surface area contributed by atoms with E-state index in [-0.39, 0.29) is 0 Å². The molecule has 0 saturated heterocycles. The van der Waals surface area contributed by atoms with Gasteiger partial charge in [-0.05, 0) is 56.5 Å². The Hall–Kier alpha value is -2.44. The summed E-state index contributed by atoms with van der Waals surface area (Å²) >= 11 is 0. The molecule has 2 aromatic rings. The van der Waals surface area contributed by atoms with Gasteiger partial charge in [0.05, 0.1) is 11.0 Å². The topological polar surface area (TPSA) is 79.2 Å². The molecule has 0 fully saturated rings. The summed E-state index contributed by atoms with van der Waals surface area (Å²) < 4.78 is 2.29. The number of hydrogen-bond donors (Lipinski definition) is 3. The number of carbonyl (C=O) groups excluding carboxylic acids is 1. The molecule has 28 heavy (non-hydrogen) atoms. The first-order chi connectivity index (χ1) is 13.7. The van der Waals surface area contributed by atoms with Crippen LogP contribution in [0.25, 0.3) is 17.1 Å². The van der Waals surface area contributed by atoms with Crippen molar-refractivity contribution in [2.24, 2.45) is 0 Å². The summed E-state index contributed by atoms with van der Waals surface area (Å²) in [5, 5.41) is 11.8. The van der Waals surface area contributed by atoms with Crippen LogP contribution in [-0.2, 0) is 17.8 Å². The standard InChI is InChI=1S/C22H32N4O2/c1-3-4-5-6-7-8-9-10-21-24-19-17-18(12-14-22(27)25-28)11-13-20(19)26(21)16-15-23-2/h4-5,11-14,17,23,28H,3,6-10,15-16H2,1-2H3,(H,25,27)/b5-4?,14-12+. The Morgan fingerprint density at radius 2 is 2.11 bits per heavy atom. The van der Waals surface area contributed by atoms with Crippen LogP contribution in [0.5, 0.6) is 0 Å². The number of carbonyl (C=O) groups is 1. The molecular formula is C22H32N4O2. The van der Waals surface area contributed by atoms with E-state index in [1.54, 1.807) is 11.6 Å². The molecule has 1 aromatic heterocycles. The SMILES string of the molecule is CCC=CCCCCCc1nc2cc(/C=C/C(=O)NO)ccc2n1CCNC. The molecule has 6 nitrogen and oxygen atoms in total. The van der Waals surface area contributed by atoms with Crippen molar-refractivity contribution in [3.8, 4) is 0 Å². The van der Waals surface area contributed by atoms with Gasteiger partial charge in [-0.15, -0.1) is 0 Å². The second-order valence-electron chi connectivity index (χ2n) is 6.82. The first-order valence-corrected chi connectivity index (χ1v) is 10.1. The van der Waals surface area contributed by atoms with E-state index in [2.05, 4.69) is 29.0 Å². The van der Waals surface area contributed by atoms with Crippen LogP contribution in [0.4, 0.5) is 0 Å². The Morgan fingerprint density at radius 3 is 2.86 bits per heavy atom. The summed E-state index contributed by atoms with van der Waals surface area (Å²) in [6.07, 6.45) is 14.2. The molecule has 0 bridgehead atoms. The molecule has 3 N–H and O–H groups in total. The van der Waals surface area contributed by atoms with Crippen LogP contribution in [0.3, 0.4) is 0 Å². The van der Waals surface area contributed by atoms with Crippen LogP contribution < -0.4 is 10.8 Å². The van der Waals surface area contributed by atoms with Crippen molar-refractivity contribution in [3.63, 3.8) is 0 Å². The van der Waals surface area contributed by atoms with Crippen molar-refractivity contribution in [2.75, 3.05) is 13.6 Å². The number of allylic oxidation sites excluding steroid dienone is 2. The molecule has 0 saturated carbocycles. The van der Waals surface area contributed by atoms with E-state index >= 15 is 0 Å². The normalized spacial score (nSPS) is 11.8. The maximum atomic E-state index is 11.2. The van der Waals surface area contributed by atoms with Crippen LogP contribution in [-0.4, -0.2) is 34.3 Å². The molecule has 1 heterocycles. The van der Waals surface area contributed by atoms with Gasteiger partial charge < -0.3 is 9.88 Å². The summed E-state index contributed by atoms with van der Waals surface area (Å²) in [6.45, 7) is 3.93. The molecule has 0 radical (unpaired) electrons. The zero-order valence-electron chi connectivity index (χ0n) is 16.9. The lowest BCUT2D eigenvalue weighted by atomic mass is 10.1. The molecule has 0 aliphatic rings. The highest BCUT2D eigenvalue weighted by Gasteiger charge is 2.10. The number of imidazole rings is 1. The molecule has 1 aromatic carbocycles. The third kappa shape index (κ3) is 6.62. The highest BCUT2D eigenvalue weighted by molar-refractivity contribution is 5.91. The Balaban J connectivity index is 2.10. The van der Waals surface area contributed by atoms with Crippen molar-refractivity contribution < 1.29 is 10.0 Å². The third-order valence-corrected chi connectivity index (χ3v) is 4.65. The summed E-state index contributed by atoms with van der Waals surface area (Å²) in [4.78, 5) is 16.0. The van der Waals surface area contributed by atoms with E-state index in [1.807, 2.05) is 25.2 Å². The van der Waals surface area contributed by atoms with Gasteiger partial charge in [0.25, 0.3) is 5.91 Å². The average molecular weight is 385 g/mol. The van der Waals surface area contributed by atoms with Crippen molar-refractivity contribution in [2.45, 2.75) is 52.0 Å². The van der Waals surface area contributed by atoms with Crippen molar-refractivity contribution in [1.29, 1.82) is 0 Å². The molecule has 0 aliphatic heterocycles. The second-order valence-corrected chi connectivity index (χ2v) is 6.82. The minimum Gasteiger partial charge on any atom is -0.327 e. The fourth-order valence-corrected chi connectivity index (χ4v) is 3.18. The van der Waals surface area contributed by atoms with Crippen LogP contribution in [0, 0.1) is 0 Å². The second kappa shape index (κ2) is 12.1. The fourth-order valence-electron chi connectivity index (χ4n) is 3.18. The van der Waals surface area contributed by atoms with Gasteiger partial charge in [-0.25, -0.2) is 10.5 Å². The highest BCUT2D eigenvalue weighted by Crippen LogP contribution is 2.20. The van der Waals surface area contributed by atoms with E-state index in [4.69, 9.17) is 10.2 Å². The lowest BCUT2D eigenvalue weighted by Crippen LogP contribution is -2.16. The Bertz CT molecular complexity index is 808. The van der Waals surface area contributed by atoms with Gasteiger partial charge >= 0.3 is 0 Å². The zero-order valence-corrected chi connectivity index (χ0v) is 16.9. The smallest absolute Gasteiger partial charge is 0.267 e.